The first-order valence-corrected chi connectivity index (χ1v) is 5.65. The van der Waals surface area contributed by atoms with E-state index >= 15 is 0 Å². The van der Waals surface area contributed by atoms with E-state index in [2.05, 4.69) is 5.32 Å². The molecule has 0 radical (unpaired) electrons. The van der Waals surface area contributed by atoms with Gasteiger partial charge in [0.25, 0.3) is 0 Å². The molecule has 1 fully saturated rings. The maximum absolute atomic E-state index is 12.0. The highest BCUT2D eigenvalue weighted by molar-refractivity contribution is 6.09. The number of carbonyl (C=O) groups excluding carboxylic acids is 1. The summed E-state index contributed by atoms with van der Waals surface area (Å²) >= 11 is 0. The Labute approximate surface area is 105 Å². The molecule has 1 saturated heterocycles. The number of carbonyl (C=O) groups is 2. The molecule has 1 aromatic rings. The number of hydrogen-bond acceptors (Lipinski definition) is 3. The quantitative estimate of drug-likeness (QED) is 0.793. The smallest absolute Gasteiger partial charge is 0.324 e. The highest BCUT2D eigenvalue weighted by atomic mass is 16.5. The summed E-state index contributed by atoms with van der Waals surface area (Å²) in [4.78, 5) is 23.1. The van der Waals surface area contributed by atoms with Gasteiger partial charge in [-0.25, -0.2) is 0 Å². The van der Waals surface area contributed by atoms with Crippen LogP contribution >= 0.6 is 0 Å². The van der Waals surface area contributed by atoms with Crippen LogP contribution in [0.3, 0.4) is 0 Å². The first-order chi connectivity index (χ1) is 8.44. The van der Waals surface area contributed by atoms with E-state index in [0.717, 1.165) is 11.1 Å². The van der Waals surface area contributed by atoms with Crippen molar-refractivity contribution in [2.24, 2.45) is 5.41 Å². The third-order valence-electron chi connectivity index (χ3n) is 3.02. The van der Waals surface area contributed by atoms with Crippen LogP contribution in [0.15, 0.2) is 18.2 Å². The van der Waals surface area contributed by atoms with Crippen molar-refractivity contribution in [3.63, 3.8) is 0 Å². The molecule has 0 atom stereocenters. The van der Waals surface area contributed by atoms with Crippen LogP contribution in [0.25, 0.3) is 0 Å². The maximum Gasteiger partial charge on any atom is 0.324 e. The number of ether oxygens (including phenoxy) is 1. The van der Waals surface area contributed by atoms with Crippen LogP contribution in [0.1, 0.15) is 11.1 Å². The fourth-order valence-electron chi connectivity index (χ4n) is 1.96. The zero-order valence-electron chi connectivity index (χ0n) is 10.3. The normalized spacial score (nSPS) is 16.8. The topological polar surface area (TPSA) is 75.6 Å². The minimum Gasteiger partial charge on any atom is -0.480 e. The third kappa shape index (κ3) is 2.09. The number of amides is 1. The van der Waals surface area contributed by atoms with Crippen LogP contribution in [-0.4, -0.2) is 30.2 Å². The van der Waals surface area contributed by atoms with Crippen molar-refractivity contribution >= 4 is 17.6 Å². The van der Waals surface area contributed by atoms with Crippen LogP contribution < -0.4 is 5.32 Å². The van der Waals surface area contributed by atoms with Crippen molar-refractivity contribution in [3.05, 3.63) is 29.3 Å². The molecule has 5 heteroatoms. The van der Waals surface area contributed by atoms with E-state index in [1.807, 2.05) is 19.9 Å². The Balaban J connectivity index is 2.18. The molecule has 1 amide bonds. The van der Waals surface area contributed by atoms with Crippen LogP contribution in [0.4, 0.5) is 5.69 Å². The summed E-state index contributed by atoms with van der Waals surface area (Å²) < 4.78 is 4.86. The SMILES string of the molecule is Cc1cc(C)cc(NC(=O)C2(C(=O)O)COC2)c1. The van der Waals surface area contributed by atoms with Gasteiger partial charge in [0.15, 0.2) is 5.41 Å². The minimum atomic E-state index is -1.43. The van der Waals surface area contributed by atoms with Gasteiger partial charge in [0.1, 0.15) is 0 Å². The Morgan fingerprint density at radius 1 is 1.22 bits per heavy atom. The molecule has 0 unspecified atom stereocenters. The van der Waals surface area contributed by atoms with Crippen molar-refractivity contribution in [3.8, 4) is 0 Å². The summed E-state index contributed by atoms with van der Waals surface area (Å²) in [6.07, 6.45) is 0. The molecule has 0 bridgehead atoms. The number of aryl methyl sites for hydroxylation is 2. The van der Waals surface area contributed by atoms with Gasteiger partial charge in [0.2, 0.25) is 5.91 Å². The van der Waals surface area contributed by atoms with Crippen LogP contribution in [0.5, 0.6) is 0 Å². The van der Waals surface area contributed by atoms with Crippen molar-refractivity contribution < 1.29 is 19.4 Å². The summed E-state index contributed by atoms with van der Waals surface area (Å²) in [7, 11) is 0. The Bertz CT molecular complexity index is 485. The minimum absolute atomic E-state index is 0.0705. The average Bonchev–Trinajstić information content (AvgIpc) is 2.11. The van der Waals surface area contributed by atoms with Gasteiger partial charge in [-0.3, -0.25) is 9.59 Å². The number of aliphatic carboxylic acids is 1. The lowest BCUT2D eigenvalue weighted by Crippen LogP contribution is -2.57. The predicted molar refractivity (Wildman–Crippen MR) is 65.4 cm³/mol. The summed E-state index contributed by atoms with van der Waals surface area (Å²) in [5, 5.41) is 11.7. The van der Waals surface area contributed by atoms with E-state index < -0.39 is 17.3 Å². The van der Waals surface area contributed by atoms with Crippen molar-refractivity contribution in [2.45, 2.75) is 13.8 Å². The second kappa shape index (κ2) is 4.42. The number of anilines is 1. The zero-order valence-corrected chi connectivity index (χ0v) is 10.3. The van der Waals surface area contributed by atoms with E-state index in [4.69, 9.17) is 9.84 Å². The molecule has 0 spiro atoms. The van der Waals surface area contributed by atoms with E-state index in [-0.39, 0.29) is 13.2 Å². The third-order valence-corrected chi connectivity index (χ3v) is 3.02. The molecule has 5 nitrogen and oxygen atoms in total. The van der Waals surface area contributed by atoms with Crippen molar-refractivity contribution in [2.75, 3.05) is 18.5 Å². The number of carboxylic acid groups (broad SMARTS) is 1. The highest BCUT2D eigenvalue weighted by Gasteiger charge is 2.53. The Hall–Kier alpha value is -1.88. The molecule has 18 heavy (non-hydrogen) atoms. The first kappa shape index (κ1) is 12.6. The molecule has 1 heterocycles. The number of rotatable bonds is 3. The maximum atomic E-state index is 12.0. The van der Waals surface area contributed by atoms with Crippen LogP contribution in [0, 0.1) is 19.3 Å². The van der Waals surface area contributed by atoms with Crippen LogP contribution in [0.2, 0.25) is 0 Å². The van der Waals surface area contributed by atoms with Gasteiger partial charge in [-0.05, 0) is 37.1 Å². The molecule has 1 aromatic carbocycles. The number of carboxylic acids is 1. The second-order valence-corrected chi connectivity index (χ2v) is 4.71. The fraction of sp³-hybridized carbons (Fsp3) is 0.385. The number of benzene rings is 1. The fourth-order valence-corrected chi connectivity index (χ4v) is 1.96. The monoisotopic (exact) mass is 249 g/mol. The van der Waals surface area contributed by atoms with Gasteiger partial charge in [0.05, 0.1) is 13.2 Å². The van der Waals surface area contributed by atoms with Crippen molar-refractivity contribution in [1.82, 2.24) is 0 Å². The van der Waals surface area contributed by atoms with Gasteiger partial charge in [-0.1, -0.05) is 6.07 Å². The molecular formula is C13H15NO4. The highest BCUT2D eigenvalue weighted by Crippen LogP contribution is 2.29. The largest absolute Gasteiger partial charge is 0.480 e. The molecule has 1 aliphatic rings. The Kier molecular flexibility index (Phi) is 3.09. The number of nitrogens with one attached hydrogen (secondary N) is 1. The van der Waals surface area contributed by atoms with Gasteiger partial charge in [-0.2, -0.15) is 0 Å². The van der Waals surface area contributed by atoms with Gasteiger partial charge >= 0.3 is 5.97 Å². The standard InChI is InChI=1S/C13H15NO4/c1-8-3-9(2)5-10(4-8)14-11(15)13(12(16)17)6-18-7-13/h3-5H,6-7H2,1-2H3,(H,14,15)(H,16,17). The second-order valence-electron chi connectivity index (χ2n) is 4.71. The molecule has 0 saturated carbocycles. The van der Waals surface area contributed by atoms with E-state index in [0.29, 0.717) is 5.69 Å². The Morgan fingerprint density at radius 2 is 1.78 bits per heavy atom. The lowest BCUT2D eigenvalue weighted by Gasteiger charge is -2.35. The Morgan fingerprint density at radius 3 is 2.17 bits per heavy atom. The van der Waals surface area contributed by atoms with Gasteiger partial charge in [-0.15, -0.1) is 0 Å². The zero-order chi connectivity index (χ0) is 13.3. The summed E-state index contributed by atoms with van der Waals surface area (Å²) in [6.45, 7) is 3.70. The molecular weight excluding hydrogens is 234 g/mol. The molecule has 96 valence electrons. The van der Waals surface area contributed by atoms with E-state index in [1.165, 1.54) is 0 Å². The summed E-state index contributed by atoms with van der Waals surface area (Å²) in [5.41, 5.74) is 1.21. The van der Waals surface area contributed by atoms with E-state index in [1.54, 1.807) is 12.1 Å². The molecule has 0 aromatic heterocycles. The predicted octanol–water partition coefficient (Wildman–Crippen LogP) is 1.34. The van der Waals surface area contributed by atoms with Crippen molar-refractivity contribution in [1.29, 1.82) is 0 Å². The first-order valence-electron chi connectivity index (χ1n) is 5.65. The molecule has 0 aliphatic carbocycles. The van der Waals surface area contributed by atoms with Gasteiger partial charge in [0, 0.05) is 5.69 Å². The van der Waals surface area contributed by atoms with Crippen LogP contribution in [-0.2, 0) is 14.3 Å². The number of hydrogen-bond donors (Lipinski definition) is 2. The lowest BCUT2D eigenvalue weighted by molar-refractivity contribution is -0.182. The molecule has 2 rings (SSSR count). The average molecular weight is 249 g/mol. The van der Waals surface area contributed by atoms with Gasteiger partial charge < -0.3 is 15.2 Å². The summed E-state index contributed by atoms with van der Waals surface area (Å²) in [6, 6.07) is 5.59. The lowest BCUT2D eigenvalue weighted by atomic mass is 9.85. The molecule has 2 N–H and O–H groups in total. The summed E-state index contributed by atoms with van der Waals surface area (Å²) in [5.74, 6) is -1.66. The van der Waals surface area contributed by atoms with E-state index in [9.17, 15) is 9.59 Å². The molecule has 1 aliphatic heterocycles.